The first-order valence-electron chi connectivity index (χ1n) is 6.35. The molecule has 2 heterocycles. The number of hydrogen-bond acceptors (Lipinski definition) is 4. The van der Waals surface area contributed by atoms with Crippen LogP contribution in [0.1, 0.15) is 24.4 Å². The highest BCUT2D eigenvalue weighted by Gasteiger charge is 2.23. The molecule has 2 aromatic heterocycles. The normalized spacial score (nSPS) is 15.0. The summed E-state index contributed by atoms with van der Waals surface area (Å²) in [5.41, 5.74) is 1.05. The van der Waals surface area contributed by atoms with E-state index < -0.39 is 0 Å². The second-order valence-electron chi connectivity index (χ2n) is 4.93. The van der Waals surface area contributed by atoms with Crippen molar-refractivity contribution < 1.29 is 0 Å². The van der Waals surface area contributed by atoms with E-state index in [2.05, 4.69) is 31.3 Å². The molecule has 0 unspecified atom stereocenters. The van der Waals surface area contributed by atoms with Gasteiger partial charge in [0.2, 0.25) is 5.95 Å². The molecule has 6 heteroatoms. The Balaban J connectivity index is 1.69. The van der Waals surface area contributed by atoms with Crippen LogP contribution in [0.5, 0.6) is 0 Å². The Hall–Kier alpha value is -1.85. The molecule has 0 atom stereocenters. The zero-order valence-electron chi connectivity index (χ0n) is 10.8. The number of hydrogen-bond donors (Lipinski definition) is 1. The summed E-state index contributed by atoms with van der Waals surface area (Å²) in [6, 6.07) is 0.625. The van der Waals surface area contributed by atoms with Gasteiger partial charge in [0.1, 0.15) is 12.2 Å². The Bertz CT molecular complexity index is 537. The molecule has 6 nitrogen and oxygen atoms in total. The summed E-state index contributed by atoms with van der Waals surface area (Å²) in [5.74, 6) is 1.98. The van der Waals surface area contributed by atoms with Crippen molar-refractivity contribution in [3.63, 3.8) is 0 Å². The standard InChI is InChI=1S/C12H18N6/c1-9-7-18(12(14-9)15-10-3-4-10)6-5-11-16-13-8-17(11)2/h7-8,10H,3-6H2,1-2H3,(H,14,15). The van der Waals surface area contributed by atoms with Crippen LogP contribution in [-0.4, -0.2) is 30.4 Å². The monoisotopic (exact) mass is 246 g/mol. The fourth-order valence-corrected chi connectivity index (χ4v) is 2.00. The Morgan fingerprint density at radius 2 is 2.28 bits per heavy atom. The van der Waals surface area contributed by atoms with E-state index in [0.29, 0.717) is 6.04 Å². The summed E-state index contributed by atoms with van der Waals surface area (Å²) >= 11 is 0. The van der Waals surface area contributed by atoms with Crippen molar-refractivity contribution in [2.24, 2.45) is 7.05 Å². The van der Waals surface area contributed by atoms with Crippen LogP contribution < -0.4 is 5.32 Å². The van der Waals surface area contributed by atoms with Crippen LogP contribution in [-0.2, 0) is 20.0 Å². The molecule has 18 heavy (non-hydrogen) atoms. The Kier molecular flexibility index (Phi) is 2.77. The number of nitrogens with zero attached hydrogens (tertiary/aromatic N) is 5. The van der Waals surface area contributed by atoms with Gasteiger partial charge >= 0.3 is 0 Å². The Morgan fingerprint density at radius 3 is 2.94 bits per heavy atom. The molecular formula is C12H18N6. The second kappa shape index (κ2) is 4.44. The van der Waals surface area contributed by atoms with Crippen LogP contribution in [0.2, 0.25) is 0 Å². The molecule has 0 bridgehead atoms. The van der Waals surface area contributed by atoms with Gasteiger partial charge in [-0.1, -0.05) is 0 Å². The molecule has 1 fully saturated rings. The molecule has 0 amide bonds. The van der Waals surface area contributed by atoms with Gasteiger partial charge in [-0.15, -0.1) is 10.2 Å². The van der Waals surface area contributed by atoms with Crippen molar-refractivity contribution in [1.29, 1.82) is 0 Å². The second-order valence-corrected chi connectivity index (χ2v) is 4.93. The van der Waals surface area contributed by atoms with Crippen molar-refractivity contribution in [2.75, 3.05) is 5.32 Å². The van der Waals surface area contributed by atoms with E-state index in [0.717, 1.165) is 30.4 Å². The lowest BCUT2D eigenvalue weighted by Gasteiger charge is -2.08. The third-order valence-corrected chi connectivity index (χ3v) is 3.19. The summed E-state index contributed by atoms with van der Waals surface area (Å²) in [6.07, 6.45) is 7.20. The third-order valence-electron chi connectivity index (χ3n) is 3.19. The minimum atomic E-state index is 0.625. The van der Waals surface area contributed by atoms with Crippen LogP contribution >= 0.6 is 0 Å². The van der Waals surface area contributed by atoms with Gasteiger partial charge in [0.05, 0.1) is 5.69 Å². The lowest BCUT2D eigenvalue weighted by atomic mass is 10.4. The molecule has 0 radical (unpaired) electrons. The molecule has 0 spiro atoms. The summed E-state index contributed by atoms with van der Waals surface area (Å²) in [5, 5.41) is 11.5. The molecule has 0 aromatic carbocycles. The van der Waals surface area contributed by atoms with Gasteiger partial charge in [0.15, 0.2) is 0 Å². The Labute approximate surface area is 106 Å². The van der Waals surface area contributed by atoms with Gasteiger partial charge < -0.3 is 14.5 Å². The van der Waals surface area contributed by atoms with Crippen molar-refractivity contribution in [3.8, 4) is 0 Å². The average Bonchev–Trinajstić information content (AvgIpc) is 2.95. The number of imidazole rings is 1. The third kappa shape index (κ3) is 2.37. The van der Waals surface area contributed by atoms with E-state index in [1.54, 1.807) is 6.33 Å². The highest BCUT2D eigenvalue weighted by Crippen LogP contribution is 2.24. The molecule has 1 N–H and O–H groups in total. The lowest BCUT2D eigenvalue weighted by Crippen LogP contribution is -2.11. The van der Waals surface area contributed by atoms with Gasteiger partial charge in [-0.2, -0.15) is 0 Å². The van der Waals surface area contributed by atoms with E-state index in [4.69, 9.17) is 0 Å². The molecule has 2 aromatic rings. The average molecular weight is 246 g/mol. The fraction of sp³-hybridized carbons (Fsp3) is 0.583. The van der Waals surface area contributed by atoms with Crippen LogP contribution in [0, 0.1) is 6.92 Å². The smallest absolute Gasteiger partial charge is 0.203 e. The molecular weight excluding hydrogens is 228 g/mol. The maximum Gasteiger partial charge on any atom is 0.203 e. The fourth-order valence-electron chi connectivity index (χ4n) is 2.00. The van der Waals surface area contributed by atoms with E-state index in [1.165, 1.54) is 12.8 Å². The zero-order valence-corrected chi connectivity index (χ0v) is 10.8. The minimum absolute atomic E-state index is 0.625. The molecule has 1 aliphatic carbocycles. The summed E-state index contributed by atoms with van der Waals surface area (Å²) in [7, 11) is 1.97. The van der Waals surface area contributed by atoms with Crippen LogP contribution in [0.3, 0.4) is 0 Å². The molecule has 0 aliphatic heterocycles. The molecule has 3 rings (SSSR count). The van der Waals surface area contributed by atoms with Gasteiger partial charge in [0.25, 0.3) is 0 Å². The highest BCUT2D eigenvalue weighted by molar-refractivity contribution is 5.32. The number of aryl methyl sites for hydroxylation is 4. The number of nitrogens with one attached hydrogen (secondary N) is 1. The van der Waals surface area contributed by atoms with Crippen molar-refractivity contribution in [1.82, 2.24) is 24.3 Å². The first kappa shape index (κ1) is 11.3. The van der Waals surface area contributed by atoms with Crippen molar-refractivity contribution in [2.45, 2.75) is 38.8 Å². The maximum absolute atomic E-state index is 4.52. The Morgan fingerprint density at radius 1 is 1.44 bits per heavy atom. The van der Waals surface area contributed by atoms with E-state index in [9.17, 15) is 0 Å². The number of aromatic nitrogens is 5. The summed E-state index contributed by atoms with van der Waals surface area (Å²) in [4.78, 5) is 4.52. The number of rotatable bonds is 5. The molecule has 1 saturated carbocycles. The first-order chi connectivity index (χ1) is 8.72. The van der Waals surface area contributed by atoms with Gasteiger partial charge in [-0.25, -0.2) is 4.98 Å². The van der Waals surface area contributed by atoms with E-state index in [-0.39, 0.29) is 0 Å². The predicted molar refractivity (Wildman–Crippen MR) is 68.3 cm³/mol. The van der Waals surface area contributed by atoms with Gasteiger partial charge in [-0.3, -0.25) is 0 Å². The first-order valence-corrected chi connectivity index (χ1v) is 6.35. The molecule has 96 valence electrons. The minimum Gasteiger partial charge on any atom is -0.353 e. The van der Waals surface area contributed by atoms with Crippen molar-refractivity contribution >= 4 is 5.95 Å². The quantitative estimate of drug-likeness (QED) is 0.859. The SMILES string of the molecule is Cc1cn(CCc2nncn2C)c(NC2CC2)n1. The largest absolute Gasteiger partial charge is 0.353 e. The zero-order chi connectivity index (χ0) is 12.5. The van der Waals surface area contributed by atoms with Crippen LogP contribution in [0.4, 0.5) is 5.95 Å². The summed E-state index contributed by atoms with van der Waals surface area (Å²) < 4.78 is 4.13. The van der Waals surface area contributed by atoms with Crippen LogP contribution in [0.15, 0.2) is 12.5 Å². The summed E-state index contributed by atoms with van der Waals surface area (Å²) in [6.45, 7) is 2.90. The van der Waals surface area contributed by atoms with E-state index >= 15 is 0 Å². The van der Waals surface area contributed by atoms with Gasteiger partial charge in [0, 0.05) is 32.3 Å². The number of anilines is 1. The van der Waals surface area contributed by atoms with Crippen molar-refractivity contribution in [3.05, 3.63) is 24.0 Å². The molecule has 0 saturated heterocycles. The predicted octanol–water partition coefficient (Wildman–Crippen LogP) is 1.14. The maximum atomic E-state index is 4.52. The van der Waals surface area contributed by atoms with Crippen LogP contribution in [0.25, 0.3) is 0 Å². The van der Waals surface area contributed by atoms with Gasteiger partial charge in [-0.05, 0) is 19.8 Å². The molecule has 1 aliphatic rings. The lowest BCUT2D eigenvalue weighted by molar-refractivity contribution is 0.651. The topological polar surface area (TPSA) is 60.6 Å². The van der Waals surface area contributed by atoms with E-state index in [1.807, 2.05) is 18.5 Å². The highest BCUT2D eigenvalue weighted by atomic mass is 15.3.